The summed E-state index contributed by atoms with van der Waals surface area (Å²) in [6.45, 7) is 6.85. The highest BCUT2D eigenvalue weighted by atomic mass is 35.5. The number of halogens is 1. The van der Waals surface area contributed by atoms with Gasteiger partial charge in [-0.15, -0.1) is 0 Å². The fourth-order valence-corrected chi connectivity index (χ4v) is 2.12. The second-order valence-electron chi connectivity index (χ2n) is 5.75. The number of carbonyl (C=O) groups excluding carboxylic acids is 2. The smallest absolute Gasteiger partial charge is 0.319 e. The third-order valence-corrected chi connectivity index (χ3v) is 3.25. The number of methoxy groups -OCH3 is 1. The largest absolute Gasteiger partial charge is 0.383 e. The molecule has 0 aliphatic rings. The summed E-state index contributed by atoms with van der Waals surface area (Å²) in [6.07, 6.45) is 0. The van der Waals surface area contributed by atoms with Gasteiger partial charge in [-0.05, 0) is 31.0 Å². The number of urea groups is 1. The molecule has 0 heterocycles. The lowest BCUT2D eigenvalue weighted by molar-refractivity contribution is 0.0949. The minimum Gasteiger partial charge on any atom is -0.383 e. The van der Waals surface area contributed by atoms with Crippen molar-refractivity contribution < 1.29 is 14.3 Å². The highest BCUT2D eigenvalue weighted by Crippen LogP contribution is 2.21. The van der Waals surface area contributed by atoms with Crippen LogP contribution < -0.4 is 16.0 Å². The molecule has 3 N–H and O–H groups in total. The molecule has 1 unspecified atom stereocenters. The van der Waals surface area contributed by atoms with Crippen LogP contribution in [-0.2, 0) is 4.74 Å². The average Bonchev–Trinajstić information content (AvgIpc) is 2.44. The van der Waals surface area contributed by atoms with Crippen molar-refractivity contribution in [2.24, 2.45) is 5.92 Å². The summed E-state index contributed by atoms with van der Waals surface area (Å²) in [4.78, 5) is 23.8. The number of anilines is 1. The van der Waals surface area contributed by atoms with E-state index in [9.17, 15) is 9.59 Å². The van der Waals surface area contributed by atoms with Gasteiger partial charge in [-0.25, -0.2) is 4.79 Å². The van der Waals surface area contributed by atoms with Crippen LogP contribution in [0.4, 0.5) is 10.5 Å². The SMILES string of the molecule is COCC(C)NC(=O)Nc1ccc(C(=O)NCC(C)C)c(Cl)c1. The standard InChI is InChI=1S/C16H24ClN3O3/c1-10(2)8-18-15(21)13-6-5-12(7-14(13)17)20-16(22)19-11(3)9-23-4/h5-7,10-11H,8-9H2,1-4H3,(H,18,21)(H2,19,20,22). The van der Waals surface area contributed by atoms with Gasteiger partial charge in [0.15, 0.2) is 0 Å². The maximum absolute atomic E-state index is 12.0. The van der Waals surface area contributed by atoms with Crippen LogP contribution in [0.2, 0.25) is 5.02 Å². The van der Waals surface area contributed by atoms with Gasteiger partial charge < -0.3 is 20.7 Å². The lowest BCUT2D eigenvalue weighted by Crippen LogP contribution is -2.38. The zero-order valence-electron chi connectivity index (χ0n) is 13.9. The highest BCUT2D eigenvalue weighted by Gasteiger charge is 2.12. The van der Waals surface area contributed by atoms with Crippen LogP contribution in [0.3, 0.4) is 0 Å². The predicted molar refractivity (Wildman–Crippen MR) is 92.1 cm³/mol. The van der Waals surface area contributed by atoms with E-state index in [2.05, 4.69) is 16.0 Å². The first-order valence-electron chi connectivity index (χ1n) is 7.47. The average molecular weight is 342 g/mol. The van der Waals surface area contributed by atoms with Crippen LogP contribution in [0, 0.1) is 5.92 Å². The molecular weight excluding hydrogens is 318 g/mol. The Bertz CT molecular complexity index is 549. The summed E-state index contributed by atoms with van der Waals surface area (Å²) in [5.74, 6) is 0.130. The van der Waals surface area contributed by atoms with Crippen LogP contribution in [0.5, 0.6) is 0 Å². The Hall–Kier alpha value is -1.79. The van der Waals surface area contributed by atoms with E-state index in [0.29, 0.717) is 30.3 Å². The molecule has 7 heteroatoms. The van der Waals surface area contributed by atoms with Gasteiger partial charge in [0, 0.05) is 19.3 Å². The summed E-state index contributed by atoms with van der Waals surface area (Å²) in [6, 6.07) is 4.30. The molecule has 128 valence electrons. The lowest BCUT2D eigenvalue weighted by atomic mass is 10.1. The maximum atomic E-state index is 12.0. The fraction of sp³-hybridized carbons (Fsp3) is 0.500. The molecular formula is C16H24ClN3O3. The molecule has 0 radical (unpaired) electrons. The van der Waals surface area contributed by atoms with E-state index < -0.39 is 0 Å². The van der Waals surface area contributed by atoms with Crippen molar-refractivity contribution >= 4 is 29.2 Å². The van der Waals surface area contributed by atoms with Crippen molar-refractivity contribution in [2.75, 3.05) is 25.6 Å². The van der Waals surface area contributed by atoms with Crippen LogP contribution in [0.15, 0.2) is 18.2 Å². The number of benzene rings is 1. The quantitative estimate of drug-likeness (QED) is 0.713. The summed E-state index contributed by atoms with van der Waals surface area (Å²) < 4.78 is 4.95. The summed E-state index contributed by atoms with van der Waals surface area (Å²) in [5.41, 5.74) is 0.892. The minimum atomic E-state index is -0.359. The first-order chi connectivity index (χ1) is 10.8. The lowest BCUT2D eigenvalue weighted by Gasteiger charge is -2.14. The van der Waals surface area contributed by atoms with Crippen LogP contribution in [0.1, 0.15) is 31.1 Å². The molecule has 23 heavy (non-hydrogen) atoms. The van der Waals surface area contributed by atoms with Crippen LogP contribution >= 0.6 is 11.6 Å². The molecule has 1 atom stereocenters. The normalized spacial score (nSPS) is 11.9. The Balaban J connectivity index is 2.65. The van der Waals surface area contributed by atoms with Crippen LogP contribution in [0.25, 0.3) is 0 Å². The highest BCUT2D eigenvalue weighted by molar-refractivity contribution is 6.34. The molecule has 0 fully saturated rings. The van der Waals surface area contributed by atoms with Gasteiger partial charge in [0.25, 0.3) is 5.91 Å². The first kappa shape index (κ1) is 19.3. The van der Waals surface area contributed by atoms with Gasteiger partial charge in [-0.1, -0.05) is 25.4 Å². The van der Waals surface area contributed by atoms with E-state index in [1.54, 1.807) is 25.3 Å². The zero-order chi connectivity index (χ0) is 17.4. The molecule has 1 aromatic rings. The Kier molecular flexibility index (Phi) is 7.85. The third-order valence-electron chi connectivity index (χ3n) is 2.94. The van der Waals surface area contributed by atoms with Crippen molar-refractivity contribution in [1.82, 2.24) is 10.6 Å². The van der Waals surface area contributed by atoms with E-state index in [1.807, 2.05) is 20.8 Å². The molecule has 3 amide bonds. The Labute approximate surface area is 141 Å². The van der Waals surface area contributed by atoms with Gasteiger partial charge in [0.1, 0.15) is 0 Å². The number of carbonyl (C=O) groups is 2. The number of hydrogen-bond donors (Lipinski definition) is 3. The maximum Gasteiger partial charge on any atom is 0.319 e. The summed E-state index contributed by atoms with van der Waals surface area (Å²) in [5, 5.41) is 8.48. The van der Waals surface area contributed by atoms with Crippen molar-refractivity contribution in [3.63, 3.8) is 0 Å². The van der Waals surface area contributed by atoms with Gasteiger partial charge in [-0.2, -0.15) is 0 Å². The molecule has 6 nitrogen and oxygen atoms in total. The summed E-state index contributed by atoms with van der Waals surface area (Å²) >= 11 is 6.13. The zero-order valence-corrected chi connectivity index (χ0v) is 14.7. The second kappa shape index (κ2) is 9.37. The van der Waals surface area contributed by atoms with Crippen molar-refractivity contribution in [3.05, 3.63) is 28.8 Å². The molecule has 0 aliphatic carbocycles. The Morgan fingerprint density at radius 2 is 1.96 bits per heavy atom. The minimum absolute atomic E-state index is 0.114. The number of ether oxygens (including phenoxy) is 1. The molecule has 1 aromatic carbocycles. The van der Waals surface area contributed by atoms with E-state index in [1.165, 1.54) is 0 Å². The van der Waals surface area contributed by atoms with E-state index >= 15 is 0 Å². The number of amides is 3. The van der Waals surface area contributed by atoms with Crippen molar-refractivity contribution in [3.8, 4) is 0 Å². The summed E-state index contributed by atoms with van der Waals surface area (Å²) in [7, 11) is 1.57. The molecule has 0 bridgehead atoms. The topological polar surface area (TPSA) is 79.5 Å². The fourth-order valence-electron chi connectivity index (χ4n) is 1.85. The predicted octanol–water partition coefficient (Wildman–Crippen LogP) is 2.88. The molecule has 0 spiro atoms. The monoisotopic (exact) mass is 341 g/mol. The Morgan fingerprint density at radius 1 is 1.26 bits per heavy atom. The second-order valence-corrected chi connectivity index (χ2v) is 6.16. The van der Waals surface area contributed by atoms with Gasteiger partial charge in [0.05, 0.1) is 23.2 Å². The number of nitrogens with one attached hydrogen (secondary N) is 3. The molecule has 0 aromatic heterocycles. The van der Waals surface area contributed by atoms with E-state index in [0.717, 1.165) is 0 Å². The van der Waals surface area contributed by atoms with Gasteiger partial charge in [0.2, 0.25) is 0 Å². The Morgan fingerprint density at radius 3 is 2.52 bits per heavy atom. The van der Waals surface area contributed by atoms with Gasteiger partial charge >= 0.3 is 6.03 Å². The first-order valence-corrected chi connectivity index (χ1v) is 7.85. The molecule has 0 aliphatic heterocycles. The van der Waals surface area contributed by atoms with Crippen molar-refractivity contribution in [1.29, 1.82) is 0 Å². The van der Waals surface area contributed by atoms with Crippen LogP contribution in [-0.4, -0.2) is 38.2 Å². The van der Waals surface area contributed by atoms with E-state index in [-0.39, 0.29) is 23.0 Å². The third kappa shape index (κ3) is 6.88. The molecule has 0 saturated carbocycles. The van der Waals surface area contributed by atoms with Crippen molar-refractivity contribution in [2.45, 2.75) is 26.8 Å². The van der Waals surface area contributed by atoms with Gasteiger partial charge in [-0.3, -0.25) is 4.79 Å². The molecule has 0 saturated heterocycles. The number of rotatable bonds is 7. The molecule has 1 rings (SSSR count). The van der Waals surface area contributed by atoms with E-state index in [4.69, 9.17) is 16.3 Å². The number of hydrogen-bond acceptors (Lipinski definition) is 3.